The Morgan fingerprint density at radius 3 is 2.13 bits per heavy atom. The number of methoxy groups -OCH3 is 3. The summed E-state index contributed by atoms with van der Waals surface area (Å²) in [5.74, 6) is -0.309. The van der Waals surface area contributed by atoms with Crippen molar-refractivity contribution in [1.82, 2.24) is 5.32 Å². The molecule has 8 heteroatoms. The number of thioether (sulfide) groups is 1. The van der Waals surface area contributed by atoms with E-state index < -0.39 is 17.9 Å². The summed E-state index contributed by atoms with van der Waals surface area (Å²) in [6.45, 7) is 0. The Balaban J connectivity index is 3.04. The Bertz CT molecular complexity index is 538. The van der Waals surface area contributed by atoms with Gasteiger partial charge in [-0.25, -0.2) is 0 Å². The van der Waals surface area contributed by atoms with E-state index in [2.05, 4.69) is 5.32 Å². The third kappa shape index (κ3) is 4.95. The second-order valence-corrected chi connectivity index (χ2v) is 5.53. The molecule has 0 saturated carbocycles. The van der Waals surface area contributed by atoms with Gasteiger partial charge in [-0.1, -0.05) is 0 Å². The van der Waals surface area contributed by atoms with Crippen LogP contribution in [0.25, 0.3) is 0 Å². The Kier molecular flexibility index (Phi) is 7.53. The number of hydrogen-bond donors (Lipinski definition) is 1. The molecule has 1 rings (SSSR count). The predicted molar refractivity (Wildman–Crippen MR) is 85.4 cm³/mol. The van der Waals surface area contributed by atoms with E-state index in [1.807, 2.05) is 6.26 Å². The van der Waals surface area contributed by atoms with Crippen LogP contribution in [0, 0.1) is 0 Å². The first-order chi connectivity index (χ1) is 11.0. The molecule has 7 nitrogen and oxygen atoms in total. The monoisotopic (exact) mass is 342 g/mol. The maximum atomic E-state index is 12.3. The van der Waals surface area contributed by atoms with Gasteiger partial charge in [-0.2, -0.15) is 11.8 Å². The number of nitrogens with one attached hydrogen (secondary N) is 1. The van der Waals surface area contributed by atoms with Crippen LogP contribution in [0.3, 0.4) is 0 Å². The molecule has 0 fully saturated rings. The number of aliphatic carboxylic acids is 1. The minimum absolute atomic E-state index is 0.204. The second kappa shape index (κ2) is 9.14. The normalized spacial score (nSPS) is 11.5. The maximum Gasteiger partial charge on any atom is 0.252 e. The molecule has 0 aliphatic carbocycles. The molecule has 0 heterocycles. The van der Waals surface area contributed by atoms with Crippen LogP contribution in [0.2, 0.25) is 0 Å². The average Bonchev–Trinajstić information content (AvgIpc) is 2.56. The summed E-state index contributed by atoms with van der Waals surface area (Å²) in [6.07, 6.45) is 2.13. The summed E-state index contributed by atoms with van der Waals surface area (Å²) in [7, 11) is 4.32. The van der Waals surface area contributed by atoms with E-state index in [0.29, 0.717) is 23.0 Å². The highest BCUT2D eigenvalue weighted by molar-refractivity contribution is 7.98. The Morgan fingerprint density at radius 2 is 1.74 bits per heavy atom. The molecule has 0 aromatic heterocycles. The fourth-order valence-electron chi connectivity index (χ4n) is 1.94. The van der Waals surface area contributed by atoms with Crippen molar-refractivity contribution < 1.29 is 28.9 Å². The van der Waals surface area contributed by atoms with Crippen molar-refractivity contribution in [2.45, 2.75) is 12.5 Å². The summed E-state index contributed by atoms with van der Waals surface area (Å²) >= 11 is 1.49. The SMILES string of the molecule is COc1cc(C(=O)N[C@H](CCSC)C(=O)[O-])cc(OC)c1OC. The van der Waals surface area contributed by atoms with Crippen molar-refractivity contribution in [3.63, 3.8) is 0 Å². The molecule has 1 N–H and O–H groups in total. The van der Waals surface area contributed by atoms with Crippen molar-refractivity contribution in [3.05, 3.63) is 17.7 Å². The molecule has 0 radical (unpaired) electrons. The first kappa shape index (κ1) is 19.0. The van der Waals surface area contributed by atoms with Gasteiger partial charge in [-0.15, -0.1) is 0 Å². The summed E-state index contributed by atoms with van der Waals surface area (Å²) in [4.78, 5) is 23.4. The van der Waals surface area contributed by atoms with E-state index in [0.717, 1.165) is 0 Å². The van der Waals surface area contributed by atoms with Crippen LogP contribution >= 0.6 is 11.8 Å². The molecule has 1 amide bonds. The summed E-state index contributed by atoms with van der Waals surface area (Å²) < 4.78 is 15.5. The van der Waals surface area contributed by atoms with Crippen LogP contribution in [0.4, 0.5) is 0 Å². The maximum absolute atomic E-state index is 12.3. The molecule has 0 spiro atoms. The van der Waals surface area contributed by atoms with Gasteiger partial charge < -0.3 is 29.4 Å². The smallest absolute Gasteiger partial charge is 0.252 e. The number of carbonyl (C=O) groups excluding carboxylic acids is 2. The molecule has 1 atom stereocenters. The number of ether oxygens (including phenoxy) is 3. The van der Waals surface area contributed by atoms with Crippen LogP contribution < -0.4 is 24.6 Å². The molecule has 1 aromatic rings. The number of benzene rings is 1. The Morgan fingerprint density at radius 1 is 1.17 bits per heavy atom. The lowest BCUT2D eigenvalue weighted by atomic mass is 10.1. The van der Waals surface area contributed by atoms with Crippen molar-refractivity contribution >= 4 is 23.6 Å². The molecule has 23 heavy (non-hydrogen) atoms. The average molecular weight is 342 g/mol. The van der Waals surface area contributed by atoms with Crippen LogP contribution in [-0.4, -0.2) is 51.3 Å². The zero-order valence-electron chi connectivity index (χ0n) is 13.5. The van der Waals surface area contributed by atoms with Gasteiger partial charge in [0.1, 0.15) is 0 Å². The molecule has 0 aliphatic heterocycles. The van der Waals surface area contributed by atoms with Gasteiger partial charge in [-0.05, 0) is 30.6 Å². The number of rotatable bonds is 9. The number of hydrogen-bond acceptors (Lipinski definition) is 7. The lowest BCUT2D eigenvalue weighted by Gasteiger charge is -2.20. The number of carbonyl (C=O) groups is 2. The quantitative estimate of drug-likeness (QED) is 0.690. The molecule has 128 valence electrons. The van der Waals surface area contributed by atoms with Crippen molar-refractivity contribution in [2.75, 3.05) is 33.3 Å². The number of amides is 1. The zero-order chi connectivity index (χ0) is 17.4. The lowest BCUT2D eigenvalue weighted by molar-refractivity contribution is -0.308. The fraction of sp³-hybridized carbons (Fsp3) is 0.467. The van der Waals surface area contributed by atoms with Gasteiger partial charge in [0.05, 0.1) is 33.3 Å². The highest BCUT2D eigenvalue weighted by Gasteiger charge is 2.19. The highest BCUT2D eigenvalue weighted by atomic mass is 32.2. The van der Waals surface area contributed by atoms with E-state index in [-0.39, 0.29) is 12.0 Å². The van der Waals surface area contributed by atoms with Crippen LogP contribution in [-0.2, 0) is 4.79 Å². The van der Waals surface area contributed by atoms with Gasteiger partial charge in [0.15, 0.2) is 11.5 Å². The van der Waals surface area contributed by atoms with Crippen molar-refractivity contribution in [1.29, 1.82) is 0 Å². The van der Waals surface area contributed by atoms with Gasteiger partial charge >= 0.3 is 0 Å². The third-order valence-electron chi connectivity index (χ3n) is 3.13. The molecule has 1 aromatic carbocycles. The molecule has 0 saturated heterocycles. The Labute approximate surface area is 139 Å². The van der Waals surface area contributed by atoms with Crippen molar-refractivity contribution in [2.24, 2.45) is 0 Å². The standard InChI is InChI=1S/C15H21NO6S/c1-20-11-7-9(8-12(21-2)13(11)22-3)14(17)16-10(15(18)19)5-6-23-4/h7-8,10H,5-6H2,1-4H3,(H,16,17)(H,18,19)/p-1/t10-/m1/s1. The highest BCUT2D eigenvalue weighted by Crippen LogP contribution is 2.38. The number of carboxylic acids is 1. The third-order valence-corrected chi connectivity index (χ3v) is 3.77. The van der Waals surface area contributed by atoms with E-state index in [1.54, 1.807) is 0 Å². The van der Waals surface area contributed by atoms with E-state index in [9.17, 15) is 14.7 Å². The summed E-state index contributed by atoms with van der Waals surface area (Å²) in [5, 5.41) is 13.6. The first-order valence-corrected chi connectivity index (χ1v) is 8.18. The van der Waals surface area contributed by atoms with Gasteiger partial charge in [-0.3, -0.25) is 4.79 Å². The Hall–Kier alpha value is -2.09. The zero-order valence-corrected chi connectivity index (χ0v) is 14.3. The lowest BCUT2D eigenvalue weighted by Crippen LogP contribution is -2.48. The van der Waals surface area contributed by atoms with E-state index in [1.165, 1.54) is 45.2 Å². The van der Waals surface area contributed by atoms with Crippen LogP contribution in [0.1, 0.15) is 16.8 Å². The largest absolute Gasteiger partial charge is 0.548 e. The predicted octanol–water partition coefficient (Wildman–Crippen LogP) is 0.314. The molecule has 0 unspecified atom stereocenters. The van der Waals surface area contributed by atoms with Crippen LogP contribution in [0.5, 0.6) is 17.2 Å². The molecular formula is C15H20NO6S-. The van der Waals surface area contributed by atoms with E-state index >= 15 is 0 Å². The molecular weight excluding hydrogens is 322 g/mol. The second-order valence-electron chi connectivity index (χ2n) is 4.54. The molecule has 0 bridgehead atoms. The van der Waals surface area contributed by atoms with Gasteiger partial charge in [0.25, 0.3) is 5.91 Å². The van der Waals surface area contributed by atoms with Crippen molar-refractivity contribution in [3.8, 4) is 17.2 Å². The topological polar surface area (TPSA) is 96.9 Å². The van der Waals surface area contributed by atoms with Gasteiger partial charge in [0.2, 0.25) is 5.75 Å². The summed E-state index contributed by atoms with van der Waals surface area (Å²) in [5.41, 5.74) is 0.204. The van der Waals surface area contributed by atoms with E-state index in [4.69, 9.17) is 14.2 Å². The number of carboxylic acid groups (broad SMARTS) is 1. The van der Waals surface area contributed by atoms with Crippen LogP contribution in [0.15, 0.2) is 12.1 Å². The minimum atomic E-state index is -1.32. The minimum Gasteiger partial charge on any atom is -0.548 e. The van der Waals surface area contributed by atoms with Gasteiger partial charge in [0, 0.05) is 5.56 Å². The first-order valence-electron chi connectivity index (χ1n) is 6.79. The molecule has 0 aliphatic rings. The fourth-order valence-corrected chi connectivity index (χ4v) is 2.41. The summed E-state index contributed by atoms with van der Waals surface area (Å²) in [6, 6.07) is 1.85.